The third-order valence-corrected chi connectivity index (χ3v) is 3.93. The molecule has 1 N–H and O–H groups in total. The molecule has 1 fully saturated rings. The molecule has 0 aliphatic heterocycles. The molecule has 1 heterocycles. The number of likely N-dealkylation sites (N-methyl/N-ethyl adjacent to an activating group) is 1. The number of ether oxygens (including phenoxy) is 1. The Balaban J connectivity index is 1.90. The van der Waals surface area contributed by atoms with Crippen molar-refractivity contribution in [2.24, 2.45) is 0 Å². The molecule has 1 aliphatic carbocycles. The molecule has 4 heteroatoms. The molecule has 3 rings (SSSR count). The van der Waals surface area contributed by atoms with Gasteiger partial charge >= 0.3 is 0 Å². The summed E-state index contributed by atoms with van der Waals surface area (Å²) in [5.41, 5.74) is 2.31. The summed E-state index contributed by atoms with van der Waals surface area (Å²) in [5, 5.41) is 4.79. The zero-order valence-corrected chi connectivity index (χ0v) is 12.8. The minimum Gasteiger partial charge on any atom is -0.383 e. The largest absolute Gasteiger partial charge is 0.383 e. The van der Waals surface area contributed by atoms with E-state index in [0.717, 1.165) is 24.4 Å². The van der Waals surface area contributed by atoms with E-state index in [9.17, 15) is 0 Å². The summed E-state index contributed by atoms with van der Waals surface area (Å²) in [7, 11) is 3.81. The Bertz CT molecular complexity index is 610. The molecule has 1 aromatic carbocycles. The van der Waals surface area contributed by atoms with Crippen LogP contribution in [0.4, 0.5) is 5.82 Å². The lowest BCUT2D eigenvalue weighted by Gasteiger charge is -2.22. The van der Waals surface area contributed by atoms with Gasteiger partial charge in [0, 0.05) is 44.2 Å². The number of pyridine rings is 1. The van der Waals surface area contributed by atoms with Gasteiger partial charge in [0.2, 0.25) is 0 Å². The summed E-state index contributed by atoms with van der Waals surface area (Å²) in [6.07, 6.45) is 2.60. The third-order valence-electron chi connectivity index (χ3n) is 3.93. The molecule has 0 unspecified atom stereocenters. The fourth-order valence-corrected chi connectivity index (χ4v) is 2.49. The van der Waals surface area contributed by atoms with Crippen LogP contribution in [0.5, 0.6) is 0 Å². The van der Waals surface area contributed by atoms with Gasteiger partial charge in [0.05, 0.1) is 12.1 Å². The monoisotopic (exact) mass is 285 g/mol. The van der Waals surface area contributed by atoms with Gasteiger partial charge in [-0.1, -0.05) is 18.2 Å². The number of fused-ring (bicyclic) bond motifs is 1. The molecule has 1 saturated carbocycles. The molecule has 0 bridgehead atoms. The molecule has 4 nitrogen and oxygen atoms in total. The number of aromatic nitrogens is 1. The van der Waals surface area contributed by atoms with Crippen LogP contribution in [0.2, 0.25) is 0 Å². The summed E-state index contributed by atoms with van der Waals surface area (Å²) in [5.74, 6) is 1.05. The van der Waals surface area contributed by atoms with E-state index >= 15 is 0 Å². The van der Waals surface area contributed by atoms with Crippen LogP contribution in [0.1, 0.15) is 18.4 Å². The maximum Gasteiger partial charge on any atom is 0.133 e. The molecular formula is C17H23N3O. The summed E-state index contributed by atoms with van der Waals surface area (Å²) < 4.78 is 5.18. The van der Waals surface area contributed by atoms with E-state index in [4.69, 9.17) is 9.72 Å². The number of hydrogen-bond acceptors (Lipinski definition) is 4. The average Bonchev–Trinajstić information content (AvgIpc) is 3.34. The molecule has 112 valence electrons. The van der Waals surface area contributed by atoms with Crippen LogP contribution in [0, 0.1) is 0 Å². The second-order valence-corrected chi connectivity index (χ2v) is 5.73. The minimum absolute atomic E-state index is 0.702. The normalized spacial score (nSPS) is 14.6. The molecule has 0 spiro atoms. The quantitative estimate of drug-likeness (QED) is 0.848. The Morgan fingerprint density at radius 3 is 2.90 bits per heavy atom. The van der Waals surface area contributed by atoms with Crippen molar-refractivity contribution >= 4 is 16.7 Å². The van der Waals surface area contributed by atoms with E-state index in [0.29, 0.717) is 12.6 Å². The van der Waals surface area contributed by atoms with Gasteiger partial charge < -0.3 is 15.0 Å². The Hall–Kier alpha value is -1.65. The van der Waals surface area contributed by atoms with Crippen LogP contribution in [0.15, 0.2) is 30.3 Å². The number of hydrogen-bond donors (Lipinski definition) is 1. The molecule has 1 aliphatic rings. The van der Waals surface area contributed by atoms with E-state index in [1.165, 1.54) is 23.8 Å². The Labute approximate surface area is 126 Å². The van der Waals surface area contributed by atoms with Gasteiger partial charge in [0.25, 0.3) is 0 Å². The van der Waals surface area contributed by atoms with Gasteiger partial charge in [0.1, 0.15) is 5.82 Å². The highest BCUT2D eigenvalue weighted by Gasteiger charge is 2.21. The number of nitrogens with zero attached hydrogens (tertiary/aromatic N) is 2. The van der Waals surface area contributed by atoms with Crippen LogP contribution in [-0.4, -0.2) is 38.3 Å². The molecule has 0 radical (unpaired) electrons. The van der Waals surface area contributed by atoms with E-state index in [1.807, 2.05) is 6.07 Å². The standard InChI is InChI=1S/C17H23N3O/c1-20(9-10-21-2)17-14(12-18-15-7-8-15)11-13-5-3-4-6-16(13)19-17/h3-6,11,15,18H,7-10,12H2,1-2H3. The average molecular weight is 285 g/mol. The van der Waals surface area contributed by atoms with Crippen molar-refractivity contribution in [3.05, 3.63) is 35.9 Å². The van der Waals surface area contributed by atoms with Crippen molar-refractivity contribution < 1.29 is 4.74 Å². The molecule has 1 aromatic heterocycles. The summed E-state index contributed by atoms with van der Waals surface area (Å²) in [6, 6.07) is 11.3. The minimum atomic E-state index is 0.702. The van der Waals surface area contributed by atoms with E-state index in [2.05, 4.69) is 41.5 Å². The van der Waals surface area contributed by atoms with Crippen molar-refractivity contribution in [2.45, 2.75) is 25.4 Å². The van der Waals surface area contributed by atoms with Crippen LogP contribution in [0.25, 0.3) is 10.9 Å². The van der Waals surface area contributed by atoms with Crippen molar-refractivity contribution in [1.82, 2.24) is 10.3 Å². The van der Waals surface area contributed by atoms with Gasteiger partial charge in [-0.15, -0.1) is 0 Å². The first-order valence-electron chi connectivity index (χ1n) is 7.60. The first-order chi connectivity index (χ1) is 10.3. The summed E-state index contributed by atoms with van der Waals surface area (Å²) in [4.78, 5) is 7.04. The molecule has 0 atom stereocenters. The Morgan fingerprint density at radius 2 is 2.14 bits per heavy atom. The maximum absolute atomic E-state index is 5.18. The first kappa shape index (κ1) is 14.3. The molecule has 21 heavy (non-hydrogen) atoms. The highest BCUT2D eigenvalue weighted by Crippen LogP contribution is 2.25. The molecule has 0 amide bonds. The van der Waals surface area contributed by atoms with Crippen LogP contribution in [-0.2, 0) is 11.3 Å². The van der Waals surface area contributed by atoms with Crippen molar-refractivity contribution in [3.8, 4) is 0 Å². The number of methoxy groups -OCH3 is 1. The number of benzene rings is 1. The highest BCUT2D eigenvalue weighted by molar-refractivity contribution is 5.81. The number of para-hydroxylation sites is 1. The van der Waals surface area contributed by atoms with Gasteiger partial charge in [-0.05, 0) is 25.0 Å². The molecule has 2 aromatic rings. The lowest BCUT2D eigenvalue weighted by molar-refractivity contribution is 0.206. The highest BCUT2D eigenvalue weighted by atomic mass is 16.5. The molecule has 0 saturated heterocycles. The van der Waals surface area contributed by atoms with Gasteiger partial charge in [-0.2, -0.15) is 0 Å². The zero-order valence-electron chi connectivity index (χ0n) is 12.8. The Morgan fingerprint density at radius 1 is 1.33 bits per heavy atom. The van der Waals surface area contributed by atoms with Gasteiger partial charge in [-0.25, -0.2) is 4.98 Å². The summed E-state index contributed by atoms with van der Waals surface area (Å²) >= 11 is 0. The Kier molecular flexibility index (Phi) is 4.36. The van der Waals surface area contributed by atoms with Gasteiger partial charge in [-0.3, -0.25) is 0 Å². The van der Waals surface area contributed by atoms with E-state index in [1.54, 1.807) is 7.11 Å². The predicted octanol–water partition coefficient (Wildman–Crippen LogP) is 2.57. The fraction of sp³-hybridized carbons (Fsp3) is 0.471. The lowest BCUT2D eigenvalue weighted by Crippen LogP contribution is -2.26. The topological polar surface area (TPSA) is 37.4 Å². The number of rotatable bonds is 7. The van der Waals surface area contributed by atoms with Crippen molar-refractivity contribution in [3.63, 3.8) is 0 Å². The number of nitrogens with one attached hydrogen (secondary N) is 1. The SMILES string of the molecule is COCCN(C)c1nc2ccccc2cc1CNC1CC1. The van der Waals surface area contributed by atoms with Gasteiger partial charge in [0.15, 0.2) is 0 Å². The molecular weight excluding hydrogens is 262 g/mol. The third kappa shape index (κ3) is 3.52. The smallest absolute Gasteiger partial charge is 0.133 e. The zero-order chi connectivity index (χ0) is 14.7. The predicted molar refractivity (Wildman–Crippen MR) is 86.8 cm³/mol. The first-order valence-corrected chi connectivity index (χ1v) is 7.60. The fourth-order valence-electron chi connectivity index (χ4n) is 2.49. The van der Waals surface area contributed by atoms with Crippen molar-refractivity contribution in [1.29, 1.82) is 0 Å². The second-order valence-electron chi connectivity index (χ2n) is 5.73. The van der Waals surface area contributed by atoms with Crippen LogP contribution in [0.3, 0.4) is 0 Å². The number of anilines is 1. The van der Waals surface area contributed by atoms with Crippen LogP contribution >= 0.6 is 0 Å². The van der Waals surface area contributed by atoms with E-state index < -0.39 is 0 Å². The maximum atomic E-state index is 5.18. The van der Waals surface area contributed by atoms with Crippen LogP contribution < -0.4 is 10.2 Å². The summed E-state index contributed by atoms with van der Waals surface area (Å²) in [6.45, 7) is 2.44. The van der Waals surface area contributed by atoms with Crippen molar-refractivity contribution in [2.75, 3.05) is 32.2 Å². The van der Waals surface area contributed by atoms with E-state index in [-0.39, 0.29) is 0 Å². The lowest BCUT2D eigenvalue weighted by atomic mass is 10.1. The second kappa shape index (κ2) is 6.41.